The second-order valence-electron chi connectivity index (χ2n) is 2.51. The lowest BCUT2D eigenvalue weighted by molar-refractivity contribution is 0.109. The van der Waals surface area contributed by atoms with Gasteiger partial charge in [-0.3, -0.25) is 9.88 Å². The summed E-state index contributed by atoms with van der Waals surface area (Å²) >= 11 is 3.58. The topological polar surface area (TPSA) is 86.6 Å². The number of hydrogen-bond acceptors (Lipinski definition) is 2. The number of carbonyl (C=O) groups excluding carboxylic acids is 1. The average molecular weight is 233 g/mol. The number of hydrogen-bond donors (Lipinski definition) is 4. The molecule has 5 nitrogen and oxygen atoms in total. The maximum Gasteiger partial charge on any atom is 0.427 e. The van der Waals surface area contributed by atoms with Crippen molar-refractivity contribution in [1.82, 2.24) is 0 Å². The van der Waals surface area contributed by atoms with Crippen LogP contribution < -0.4 is 5.09 Å². The summed E-state index contributed by atoms with van der Waals surface area (Å²) in [7, 11) is -4.39. The van der Waals surface area contributed by atoms with Gasteiger partial charge in [-0.1, -0.05) is 12.1 Å². The van der Waals surface area contributed by atoms with Crippen LogP contribution in [0.1, 0.15) is 10.4 Å². The van der Waals surface area contributed by atoms with E-state index in [4.69, 9.17) is 9.79 Å². The van der Waals surface area contributed by atoms with Crippen LogP contribution >= 0.6 is 20.4 Å². The molecular formula is C7H8NO4PS. The lowest BCUT2D eigenvalue weighted by Crippen LogP contribution is -2.00. The van der Waals surface area contributed by atoms with Crippen LogP contribution in [0.5, 0.6) is 0 Å². The van der Waals surface area contributed by atoms with Crippen molar-refractivity contribution in [2.24, 2.45) is 0 Å². The molecule has 14 heavy (non-hydrogen) atoms. The van der Waals surface area contributed by atoms with E-state index in [1.807, 2.05) is 5.09 Å². The van der Waals surface area contributed by atoms with Crippen LogP contribution in [0.15, 0.2) is 24.3 Å². The number of thiol groups is 1. The third-order valence-corrected chi connectivity index (χ3v) is 2.20. The molecule has 0 amide bonds. The van der Waals surface area contributed by atoms with Crippen LogP contribution in [0.3, 0.4) is 0 Å². The summed E-state index contributed by atoms with van der Waals surface area (Å²) in [4.78, 5) is 28.2. The summed E-state index contributed by atoms with van der Waals surface area (Å²) in [6.07, 6.45) is 0. The van der Waals surface area contributed by atoms with Crippen molar-refractivity contribution in [3.63, 3.8) is 0 Å². The van der Waals surface area contributed by atoms with Gasteiger partial charge in [0.25, 0.3) is 0 Å². The first-order valence-corrected chi connectivity index (χ1v) is 5.62. The first-order chi connectivity index (χ1) is 6.40. The normalized spacial score (nSPS) is 11.1. The fraction of sp³-hybridized carbons (Fsp3) is 0. The molecule has 0 bridgehead atoms. The Morgan fingerprint density at radius 2 is 1.93 bits per heavy atom. The van der Waals surface area contributed by atoms with Crippen LogP contribution in [0, 0.1) is 0 Å². The van der Waals surface area contributed by atoms with Gasteiger partial charge in [0.1, 0.15) is 0 Å². The predicted molar refractivity (Wildman–Crippen MR) is 55.4 cm³/mol. The zero-order valence-corrected chi connectivity index (χ0v) is 8.70. The van der Waals surface area contributed by atoms with E-state index in [1.54, 1.807) is 12.1 Å². The molecule has 7 heteroatoms. The molecule has 3 N–H and O–H groups in total. The molecule has 0 aromatic heterocycles. The second kappa shape index (κ2) is 4.14. The molecule has 1 aromatic carbocycles. The minimum absolute atomic E-state index is 0.0702. The summed E-state index contributed by atoms with van der Waals surface area (Å²) in [6, 6.07) is 5.95. The maximum atomic E-state index is 10.9. The Kier molecular flexibility index (Phi) is 3.34. The summed E-state index contributed by atoms with van der Waals surface area (Å²) < 4.78 is 10.6. The SMILES string of the molecule is O=C(S)c1ccccc1NP(=O)(O)O. The van der Waals surface area contributed by atoms with Crippen LogP contribution in [-0.4, -0.2) is 14.9 Å². The molecule has 1 aromatic rings. The molecule has 0 aliphatic rings. The highest BCUT2D eigenvalue weighted by Crippen LogP contribution is 2.36. The van der Waals surface area contributed by atoms with Crippen molar-refractivity contribution in [1.29, 1.82) is 0 Å². The van der Waals surface area contributed by atoms with Gasteiger partial charge in [0.05, 0.1) is 11.3 Å². The Bertz CT molecular complexity index is 402. The highest BCUT2D eigenvalue weighted by molar-refractivity contribution is 7.97. The van der Waals surface area contributed by atoms with Crippen molar-refractivity contribution in [3.8, 4) is 0 Å². The summed E-state index contributed by atoms with van der Waals surface area (Å²) in [5, 5.41) is 1.37. The fourth-order valence-corrected chi connectivity index (χ4v) is 1.63. The van der Waals surface area contributed by atoms with E-state index in [0.29, 0.717) is 0 Å². The Hall–Kier alpha value is -0.810. The zero-order chi connectivity index (χ0) is 10.8. The maximum absolute atomic E-state index is 10.9. The number of anilines is 1. The molecule has 76 valence electrons. The van der Waals surface area contributed by atoms with Crippen molar-refractivity contribution in [2.45, 2.75) is 0 Å². The third-order valence-electron chi connectivity index (χ3n) is 1.42. The number of rotatable bonds is 3. The molecule has 0 radical (unpaired) electrons. The molecule has 1 rings (SSSR count). The van der Waals surface area contributed by atoms with E-state index < -0.39 is 12.9 Å². The Morgan fingerprint density at radius 1 is 1.36 bits per heavy atom. The van der Waals surface area contributed by atoms with Crippen LogP contribution in [-0.2, 0) is 4.57 Å². The summed E-state index contributed by atoms with van der Waals surface area (Å²) in [6.45, 7) is 0. The van der Waals surface area contributed by atoms with E-state index in [-0.39, 0.29) is 11.3 Å². The van der Waals surface area contributed by atoms with Gasteiger partial charge >= 0.3 is 7.75 Å². The molecule has 0 unspecified atom stereocenters. The quantitative estimate of drug-likeness (QED) is 0.466. The van der Waals surface area contributed by atoms with Crippen LogP contribution in [0.4, 0.5) is 5.69 Å². The third kappa shape index (κ3) is 3.16. The molecule has 0 atom stereocenters. The molecule has 0 saturated heterocycles. The number of carbonyl (C=O) groups is 1. The van der Waals surface area contributed by atoms with E-state index in [1.165, 1.54) is 12.1 Å². The molecule has 0 heterocycles. The highest BCUT2D eigenvalue weighted by atomic mass is 32.1. The Balaban J connectivity index is 3.08. The minimum atomic E-state index is -4.39. The van der Waals surface area contributed by atoms with Gasteiger partial charge in [-0.15, -0.1) is 12.6 Å². The van der Waals surface area contributed by atoms with E-state index in [2.05, 4.69) is 12.6 Å². The van der Waals surface area contributed by atoms with Crippen molar-refractivity contribution in [3.05, 3.63) is 29.8 Å². The first-order valence-electron chi connectivity index (χ1n) is 3.56. The van der Waals surface area contributed by atoms with Crippen LogP contribution in [0.25, 0.3) is 0 Å². The van der Waals surface area contributed by atoms with E-state index in [0.717, 1.165) is 0 Å². The molecule has 0 fully saturated rings. The number of para-hydroxylation sites is 1. The van der Waals surface area contributed by atoms with Gasteiger partial charge in [0, 0.05) is 0 Å². The Labute approximate surface area is 85.8 Å². The van der Waals surface area contributed by atoms with Gasteiger partial charge in [-0.25, -0.2) is 4.57 Å². The summed E-state index contributed by atoms with van der Waals surface area (Å²) in [5.74, 6) is 0. The van der Waals surface area contributed by atoms with Crippen LogP contribution in [0.2, 0.25) is 0 Å². The largest absolute Gasteiger partial charge is 0.427 e. The molecule has 0 saturated carbocycles. The van der Waals surface area contributed by atoms with Crippen molar-refractivity contribution < 1.29 is 19.1 Å². The average Bonchev–Trinajstić information content (AvgIpc) is 2.01. The van der Waals surface area contributed by atoms with Crippen molar-refractivity contribution >= 4 is 31.2 Å². The summed E-state index contributed by atoms with van der Waals surface area (Å²) in [5.41, 5.74) is 0.194. The smallest absolute Gasteiger partial charge is 0.308 e. The highest BCUT2D eigenvalue weighted by Gasteiger charge is 2.16. The first kappa shape index (κ1) is 11.3. The van der Waals surface area contributed by atoms with Gasteiger partial charge in [-0.05, 0) is 12.1 Å². The van der Waals surface area contributed by atoms with Crippen molar-refractivity contribution in [2.75, 3.05) is 5.09 Å². The molecule has 0 aliphatic heterocycles. The molecular weight excluding hydrogens is 225 g/mol. The Morgan fingerprint density at radius 3 is 2.43 bits per heavy atom. The lowest BCUT2D eigenvalue weighted by atomic mass is 10.2. The fourth-order valence-electron chi connectivity index (χ4n) is 0.924. The number of nitrogens with one attached hydrogen (secondary N) is 1. The van der Waals surface area contributed by atoms with E-state index in [9.17, 15) is 9.36 Å². The predicted octanol–water partition coefficient (Wildman–Crippen LogP) is 1.26. The molecule has 0 spiro atoms. The monoisotopic (exact) mass is 233 g/mol. The molecule has 0 aliphatic carbocycles. The number of benzene rings is 1. The van der Waals surface area contributed by atoms with Gasteiger partial charge in [-0.2, -0.15) is 0 Å². The second-order valence-corrected chi connectivity index (χ2v) is 4.22. The van der Waals surface area contributed by atoms with Gasteiger partial charge in [0.2, 0.25) is 5.12 Å². The van der Waals surface area contributed by atoms with Gasteiger partial charge in [0.15, 0.2) is 0 Å². The van der Waals surface area contributed by atoms with E-state index >= 15 is 0 Å². The standard InChI is InChI=1S/C7H8NO4PS/c9-7(14)5-3-1-2-4-6(5)8-13(10,11)12/h1-4H,(H,9,14)(H3,8,10,11,12). The lowest BCUT2D eigenvalue weighted by Gasteiger charge is -2.10. The van der Waals surface area contributed by atoms with Gasteiger partial charge < -0.3 is 9.79 Å². The zero-order valence-electron chi connectivity index (χ0n) is 6.91. The minimum Gasteiger partial charge on any atom is -0.308 e.